The van der Waals surface area contributed by atoms with Gasteiger partial charge in [0.1, 0.15) is 15.7 Å². The molecule has 0 spiro atoms. The summed E-state index contributed by atoms with van der Waals surface area (Å²) in [6.07, 6.45) is 4.72. The Balaban J connectivity index is 2.30. The Kier molecular flexibility index (Phi) is 5.38. The van der Waals surface area contributed by atoms with Gasteiger partial charge in [0.15, 0.2) is 6.29 Å². The van der Waals surface area contributed by atoms with E-state index >= 15 is 0 Å². The summed E-state index contributed by atoms with van der Waals surface area (Å²) in [5.41, 5.74) is 0.591. The smallest absolute Gasteiger partial charge is 0.250 e. The lowest BCUT2D eigenvalue weighted by Gasteiger charge is -2.18. The van der Waals surface area contributed by atoms with Crippen LogP contribution in [0.1, 0.15) is 21.2 Å². The van der Waals surface area contributed by atoms with E-state index < -0.39 is 21.1 Å². The van der Waals surface area contributed by atoms with Crippen LogP contribution in [0.25, 0.3) is 11.3 Å². The molecule has 0 aliphatic carbocycles. The summed E-state index contributed by atoms with van der Waals surface area (Å²) >= 11 is 3.17. The van der Waals surface area contributed by atoms with Gasteiger partial charge in [0.25, 0.3) is 10.0 Å². The summed E-state index contributed by atoms with van der Waals surface area (Å²) < 4.78 is 42.1. The van der Waals surface area contributed by atoms with Gasteiger partial charge in [0, 0.05) is 23.5 Å². The third-order valence-corrected chi connectivity index (χ3v) is 7.05. The molecule has 0 fully saturated rings. The van der Waals surface area contributed by atoms with Crippen LogP contribution in [0.4, 0.5) is 4.39 Å². The quantitative estimate of drug-likeness (QED) is 0.414. The SMILES string of the molecule is C=CC(c1cccnc1)S(=O)(=O)n1c(-c2ccccc2F)cc(C=O)c1Br. The Morgan fingerprint density at radius 1 is 1.22 bits per heavy atom. The lowest BCUT2D eigenvalue weighted by molar-refractivity contribution is 0.112. The topological polar surface area (TPSA) is 69.0 Å². The highest BCUT2D eigenvalue weighted by Crippen LogP contribution is 2.36. The minimum Gasteiger partial charge on any atom is -0.298 e. The third-order valence-electron chi connectivity index (χ3n) is 4.01. The van der Waals surface area contributed by atoms with E-state index in [0.717, 1.165) is 3.97 Å². The number of benzene rings is 1. The van der Waals surface area contributed by atoms with Crippen molar-refractivity contribution < 1.29 is 17.6 Å². The molecule has 0 aliphatic heterocycles. The van der Waals surface area contributed by atoms with Gasteiger partial charge in [-0.05, 0) is 45.8 Å². The maximum atomic E-state index is 14.4. The van der Waals surface area contributed by atoms with Crippen molar-refractivity contribution in [1.82, 2.24) is 8.96 Å². The Labute approximate surface area is 164 Å². The zero-order valence-electron chi connectivity index (χ0n) is 13.9. The summed E-state index contributed by atoms with van der Waals surface area (Å²) in [5, 5.41) is -1.14. The molecule has 2 aromatic heterocycles. The molecule has 27 heavy (non-hydrogen) atoms. The van der Waals surface area contributed by atoms with E-state index in [9.17, 15) is 17.6 Å². The summed E-state index contributed by atoms with van der Waals surface area (Å²) in [6.45, 7) is 3.63. The van der Waals surface area contributed by atoms with E-state index in [1.54, 1.807) is 18.2 Å². The second-order valence-corrected chi connectivity index (χ2v) is 8.28. The summed E-state index contributed by atoms with van der Waals surface area (Å²) in [5.74, 6) is -0.604. The molecule has 1 aromatic carbocycles. The first kappa shape index (κ1) is 19.2. The van der Waals surface area contributed by atoms with Crippen molar-refractivity contribution in [1.29, 1.82) is 0 Å². The molecule has 0 radical (unpaired) electrons. The maximum absolute atomic E-state index is 14.4. The summed E-state index contributed by atoms with van der Waals surface area (Å²) in [4.78, 5) is 15.3. The predicted molar refractivity (Wildman–Crippen MR) is 104 cm³/mol. The minimum absolute atomic E-state index is 0.0199. The second kappa shape index (κ2) is 7.58. The number of hydrogen-bond donors (Lipinski definition) is 0. The molecule has 0 amide bonds. The van der Waals surface area contributed by atoms with Gasteiger partial charge in [-0.25, -0.2) is 16.8 Å². The second-order valence-electron chi connectivity index (χ2n) is 5.63. The van der Waals surface area contributed by atoms with Crippen LogP contribution in [-0.4, -0.2) is 23.7 Å². The van der Waals surface area contributed by atoms with Gasteiger partial charge >= 0.3 is 0 Å². The molecular formula is C19H14BrFN2O3S. The van der Waals surface area contributed by atoms with Crippen LogP contribution in [0.2, 0.25) is 0 Å². The van der Waals surface area contributed by atoms with Crippen LogP contribution in [0.5, 0.6) is 0 Å². The largest absolute Gasteiger partial charge is 0.298 e. The summed E-state index contributed by atoms with van der Waals surface area (Å²) in [6, 6.07) is 10.3. The zero-order chi connectivity index (χ0) is 19.6. The molecule has 0 saturated heterocycles. The molecule has 0 N–H and O–H groups in total. The first-order valence-electron chi connectivity index (χ1n) is 7.80. The van der Waals surface area contributed by atoms with Crippen molar-refractivity contribution in [2.45, 2.75) is 5.25 Å². The van der Waals surface area contributed by atoms with E-state index in [2.05, 4.69) is 27.5 Å². The van der Waals surface area contributed by atoms with Crippen LogP contribution in [-0.2, 0) is 10.0 Å². The number of rotatable bonds is 6. The number of hydrogen-bond acceptors (Lipinski definition) is 4. The minimum atomic E-state index is -4.13. The van der Waals surface area contributed by atoms with Crippen LogP contribution in [0.15, 0.2) is 72.1 Å². The molecule has 138 valence electrons. The van der Waals surface area contributed by atoms with E-state index in [1.165, 1.54) is 42.7 Å². The van der Waals surface area contributed by atoms with Crippen molar-refractivity contribution in [2.75, 3.05) is 0 Å². The highest BCUT2D eigenvalue weighted by atomic mass is 79.9. The zero-order valence-corrected chi connectivity index (χ0v) is 16.3. The van der Waals surface area contributed by atoms with Gasteiger partial charge < -0.3 is 0 Å². The van der Waals surface area contributed by atoms with E-state index in [1.807, 2.05) is 0 Å². The van der Waals surface area contributed by atoms with Crippen molar-refractivity contribution in [3.05, 3.63) is 89.1 Å². The number of aldehydes is 1. The van der Waals surface area contributed by atoms with Gasteiger partial charge in [0.2, 0.25) is 0 Å². The number of halogens is 2. The molecular weight excluding hydrogens is 435 g/mol. The van der Waals surface area contributed by atoms with Gasteiger partial charge in [-0.15, -0.1) is 6.58 Å². The molecule has 2 heterocycles. The van der Waals surface area contributed by atoms with Crippen molar-refractivity contribution in [2.24, 2.45) is 0 Å². The van der Waals surface area contributed by atoms with Gasteiger partial charge in [-0.1, -0.05) is 24.3 Å². The van der Waals surface area contributed by atoms with Crippen LogP contribution in [0, 0.1) is 5.82 Å². The Bertz CT molecular complexity index is 1110. The fourth-order valence-electron chi connectivity index (χ4n) is 2.76. The number of carbonyl (C=O) groups excluding carboxylic acids is 1. The fraction of sp³-hybridized carbons (Fsp3) is 0.0526. The molecule has 3 aromatic rings. The summed E-state index contributed by atoms with van der Waals surface area (Å²) in [7, 11) is -4.13. The predicted octanol–water partition coefficient (Wildman–Crippen LogP) is 4.37. The van der Waals surface area contributed by atoms with E-state index in [4.69, 9.17) is 0 Å². The third kappa shape index (κ3) is 3.38. The van der Waals surface area contributed by atoms with Crippen molar-refractivity contribution in [3.8, 4) is 11.3 Å². The van der Waals surface area contributed by atoms with E-state index in [0.29, 0.717) is 11.8 Å². The monoisotopic (exact) mass is 448 g/mol. The highest BCUT2D eigenvalue weighted by Gasteiger charge is 2.32. The molecule has 1 unspecified atom stereocenters. The molecule has 0 saturated carbocycles. The van der Waals surface area contributed by atoms with Crippen LogP contribution >= 0.6 is 15.9 Å². The molecule has 0 aliphatic rings. The molecule has 5 nitrogen and oxygen atoms in total. The molecule has 1 atom stereocenters. The van der Waals surface area contributed by atoms with Gasteiger partial charge in [0.05, 0.1) is 5.69 Å². The van der Waals surface area contributed by atoms with Gasteiger partial charge in [-0.2, -0.15) is 0 Å². The number of carbonyl (C=O) groups is 1. The Morgan fingerprint density at radius 3 is 2.56 bits per heavy atom. The average Bonchev–Trinajstić information content (AvgIpc) is 3.00. The fourth-order valence-corrected chi connectivity index (χ4v) is 5.48. The lowest BCUT2D eigenvalue weighted by Crippen LogP contribution is -2.21. The molecule has 0 bridgehead atoms. The number of nitrogens with zero attached hydrogens (tertiary/aromatic N) is 2. The van der Waals surface area contributed by atoms with Crippen LogP contribution in [0.3, 0.4) is 0 Å². The Morgan fingerprint density at radius 2 is 1.96 bits per heavy atom. The van der Waals surface area contributed by atoms with Crippen molar-refractivity contribution in [3.63, 3.8) is 0 Å². The number of aromatic nitrogens is 2. The maximum Gasteiger partial charge on any atom is 0.250 e. The first-order chi connectivity index (χ1) is 12.9. The van der Waals surface area contributed by atoms with Gasteiger partial charge in [-0.3, -0.25) is 9.78 Å². The number of pyridine rings is 1. The lowest BCUT2D eigenvalue weighted by atomic mass is 10.1. The highest BCUT2D eigenvalue weighted by molar-refractivity contribution is 9.10. The average molecular weight is 449 g/mol. The molecule has 8 heteroatoms. The molecule has 3 rings (SSSR count). The van der Waals surface area contributed by atoms with E-state index in [-0.39, 0.29) is 21.4 Å². The normalized spacial score (nSPS) is 12.5. The van der Waals surface area contributed by atoms with Crippen molar-refractivity contribution >= 4 is 32.2 Å². The Hall–Kier alpha value is -2.58. The standard InChI is InChI=1S/C19H14BrFN2O3S/c1-2-18(13-6-5-9-22-11-13)27(25,26)23-17(10-14(12-24)19(23)20)15-7-3-4-8-16(15)21/h2-12,18H,1H2. The van der Waals surface area contributed by atoms with Crippen LogP contribution < -0.4 is 0 Å². The first-order valence-corrected chi connectivity index (χ1v) is 10.1.